The minimum absolute atomic E-state index is 0.0724. The summed E-state index contributed by atoms with van der Waals surface area (Å²) in [6.45, 7) is 2.95. The van der Waals surface area contributed by atoms with Crippen molar-refractivity contribution in [2.75, 3.05) is 18.0 Å². The number of nitrogens with one attached hydrogen (secondary N) is 1. The lowest BCUT2D eigenvalue weighted by Gasteiger charge is -2.18. The van der Waals surface area contributed by atoms with Gasteiger partial charge in [-0.2, -0.15) is 10.2 Å². The van der Waals surface area contributed by atoms with E-state index in [9.17, 15) is 9.18 Å². The lowest BCUT2D eigenvalue weighted by Crippen LogP contribution is -2.31. The summed E-state index contributed by atoms with van der Waals surface area (Å²) in [7, 11) is 1.63. The van der Waals surface area contributed by atoms with Gasteiger partial charge in [-0.05, 0) is 56.9 Å². The molecule has 1 aromatic carbocycles. The van der Waals surface area contributed by atoms with Gasteiger partial charge in [0.1, 0.15) is 34.6 Å². The maximum atomic E-state index is 14.5. The predicted molar refractivity (Wildman–Crippen MR) is 112 cm³/mol. The van der Waals surface area contributed by atoms with Crippen LogP contribution in [0.15, 0.2) is 29.1 Å². The van der Waals surface area contributed by atoms with Gasteiger partial charge in [0.2, 0.25) is 0 Å². The van der Waals surface area contributed by atoms with Gasteiger partial charge >= 0.3 is 0 Å². The van der Waals surface area contributed by atoms with Crippen LogP contribution in [0.3, 0.4) is 0 Å². The van der Waals surface area contributed by atoms with Crippen molar-refractivity contribution in [1.29, 1.82) is 0 Å². The Labute approximate surface area is 172 Å². The van der Waals surface area contributed by atoms with Gasteiger partial charge in [-0.15, -0.1) is 0 Å². The van der Waals surface area contributed by atoms with Gasteiger partial charge in [-0.1, -0.05) is 0 Å². The smallest absolute Gasteiger partial charge is 0.290 e. The standard InChI is InChI=1S/C22H24FN5O2/c1-21(5-6-21)30-13-3-4-15-14(9-13)19(25-24-15)16-10-17(20(29)27(2)26-16)28-11-18(23)22(12-28)7-8-22/h3-4,9-10,18H,5-8,11-12H2,1-2H3,(H,24,25). The molecule has 2 aliphatic carbocycles. The molecule has 3 heterocycles. The van der Waals surface area contributed by atoms with E-state index in [0.717, 1.165) is 42.3 Å². The van der Waals surface area contributed by atoms with Crippen molar-refractivity contribution in [2.45, 2.75) is 44.4 Å². The third-order valence-corrected chi connectivity index (χ3v) is 6.92. The molecular formula is C22H24FN5O2. The Kier molecular flexibility index (Phi) is 3.48. The molecule has 1 saturated heterocycles. The van der Waals surface area contributed by atoms with E-state index in [1.165, 1.54) is 4.68 Å². The zero-order valence-corrected chi connectivity index (χ0v) is 17.1. The summed E-state index contributed by atoms with van der Waals surface area (Å²) in [5, 5.41) is 12.8. The number of aromatic nitrogens is 4. The van der Waals surface area contributed by atoms with Gasteiger partial charge in [0.15, 0.2) is 0 Å². The molecule has 2 aromatic heterocycles. The SMILES string of the molecule is Cn1nc(-c2n[nH]c3ccc(OC4(C)CC4)cc23)cc(N2CC(F)C3(CC3)C2)c1=O. The number of hydrogen-bond acceptors (Lipinski definition) is 5. The molecule has 3 aliphatic rings. The van der Waals surface area contributed by atoms with E-state index in [0.29, 0.717) is 23.6 Å². The quantitative estimate of drug-likeness (QED) is 0.716. The van der Waals surface area contributed by atoms with Crippen molar-refractivity contribution in [1.82, 2.24) is 20.0 Å². The minimum atomic E-state index is -0.881. The second kappa shape index (κ2) is 5.83. The van der Waals surface area contributed by atoms with Crippen LogP contribution >= 0.6 is 0 Å². The molecule has 30 heavy (non-hydrogen) atoms. The van der Waals surface area contributed by atoms with Crippen molar-refractivity contribution in [3.8, 4) is 17.1 Å². The zero-order chi connectivity index (χ0) is 20.7. The number of fused-ring (bicyclic) bond motifs is 1. The van der Waals surface area contributed by atoms with Gasteiger partial charge in [0, 0.05) is 30.9 Å². The van der Waals surface area contributed by atoms with Crippen LogP contribution in [0.25, 0.3) is 22.3 Å². The summed E-state index contributed by atoms with van der Waals surface area (Å²) in [4.78, 5) is 14.7. The van der Waals surface area contributed by atoms with Crippen molar-refractivity contribution in [3.05, 3.63) is 34.6 Å². The van der Waals surface area contributed by atoms with E-state index in [2.05, 4.69) is 22.2 Å². The molecule has 7 nitrogen and oxygen atoms in total. The largest absolute Gasteiger partial charge is 0.488 e. The van der Waals surface area contributed by atoms with E-state index in [-0.39, 0.29) is 23.1 Å². The Balaban J connectivity index is 1.42. The normalized spacial score (nSPS) is 23.3. The highest BCUT2D eigenvalue weighted by Crippen LogP contribution is 2.54. The van der Waals surface area contributed by atoms with E-state index < -0.39 is 6.17 Å². The van der Waals surface area contributed by atoms with Crippen molar-refractivity contribution in [2.24, 2.45) is 12.5 Å². The van der Waals surface area contributed by atoms with E-state index >= 15 is 0 Å². The molecule has 3 aromatic rings. The lowest BCUT2D eigenvalue weighted by molar-refractivity contribution is 0.200. The lowest BCUT2D eigenvalue weighted by atomic mass is 10.1. The van der Waals surface area contributed by atoms with E-state index in [4.69, 9.17) is 4.74 Å². The number of anilines is 1. The molecule has 156 valence electrons. The van der Waals surface area contributed by atoms with Crippen LogP contribution in [0.1, 0.15) is 32.6 Å². The number of alkyl halides is 1. The molecule has 1 atom stereocenters. The van der Waals surface area contributed by atoms with Crippen LogP contribution in [0, 0.1) is 5.41 Å². The molecule has 6 rings (SSSR count). The third-order valence-electron chi connectivity index (χ3n) is 6.92. The Morgan fingerprint density at radius 2 is 2.03 bits per heavy atom. The zero-order valence-electron chi connectivity index (χ0n) is 17.1. The Morgan fingerprint density at radius 1 is 1.23 bits per heavy atom. The highest BCUT2D eigenvalue weighted by atomic mass is 19.1. The Bertz CT molecular complexity index is 1220. The Hall–Kier alpha value is -2.90. The molecule has 1 aliphatic heterocycles. The number of hydrogen-bond donors (Lipinski definition) is 1. The second-order valence-corrected chi connectivity index (χ2v) is 9.39. The first-order chi connectivity index (χ1) is 14.4. The van der Waals surface area contributed by atoms with Crippen LogP contribution in [0.5, 0.6) is 5.75 Å². The monoisotopic (exact) mass is 409 g/mol. The molecule has 0 bridgehead atoms. The molecular weight excluding hydrogens is 385 g/mol. The van der Waals surface area contributed by atoms with Gasteiger partial charge in [0.05, 0.1) is 5.52 Å². The first kappa shape index (κ1) is 17.9. The Morgan fingerprint density at radius 3 is 2.73 bits per heavy atom. The van der Waals surface area contributed by atoms with Gasteiger partial charge in [-0.25, -0.2) is 9.07 Å². The van der Waals surface area contributed by atoms with Crippen molar-refractivity contribution >= 4 is 16.6 Å². The number of nitrogens with zero attached hydrogens (tertiary/aromatic N) is 4. The van der Waals surface area contributed by atoms with E-state index in [1.807, 2.05) is 23.1 Å². The highest BCUT2D eigenvalue weighted by Gasteiger charge is 2.56. The summed E-state index contributed by atoms with van der Waals surface area (Å²) < 4.78 is 21.9. The van der Waals surface area contributed by atoms with Crippen molar-refractivity contribution < 1.29 is 9.13 Å². The predicted octanol–water partition coefficient (Wildman–Crippen LogP) is 3.19. The molecule has 3 fully saturated rings. The molecule has 0 amide bonds. The van der Waals surface area contributed by atoms with Crippen LogP contribution in [-0.2, 0) is 7.05 Å². The summed E-state index contributed by atoms with van der Waals surface area (Å²) >= 11 is 0. The molecule has 8 heteroatoms. The first-order valence-corrected chi connectivity index (χ1v) is 10.5. The number of ether oxygens (including phenoxy) is 1. The minimum Gasteiger partial charge on any atom is -0.488 e. The number of halogens is 1. The fourth-order valence-corrected chi connectivity index (χ4v) is 4.50. The average molecular weight is 409 g/mol. The van der Waals surface area contributed by atoms with Crippen LogP contribution < -0.4 is 15.2 Å². The summed E-state index contributed by atoms with van der Waals surface area (Å²) in [5.74, 6) is 0.797. The first-order valence-electron chi connectivity index (χ1n) is 10.5. The molecule has 2 saturated carbocycles. The topological polar surface area (TPSA) is 76.0 Å². The molecule has 0 radical (unpaired) electrons. The van der Waals surface area contributed by atoms with Crippen LogP contribution in [0.4, 0.5) is 10.1 Å². The third kappa shape index (κ3) is 2.73. The number of aromatic amines is 1. The van der Waals surface area contributed by atoms with E-state index in [1.54, 1.807) is 13.1 Å². The maximum Gasteiger partial charge on any atom is 0.290 e. The second-order valence-electron chi connectivity index (χ2n) is 9.39. The van der Waals surface area contributed by atoms with Crippen molar-refractivity contribution in [3.63, 3.8) is 0 Å². The summed E-state index contributed by atoms with van der Waals surface area (Å²) in [6, 6.07) is 7.60. The van der Waals surface area contributed by atoms with Gasteiger partial charge < -0.3 is 9.64 Å². The molecule has 1 unspecified atom stereocenters. The number of H-pyrrole nitrogens is 1. The summed E-state index contributed by atoms with van der Waals surface area (Å²) in [5.41, 5.74) is 2.07. The van der Waals surface area contributed by atoms with Gasteiger partial charge in [0.25, 0.3) is 5.56 Å². The van der Waals surface area contributed by atoms with Crippen LogP contribution in [-0.4, -0.2) is 44.8 Å². The number of benzene rings is 1. The number of aryl methyl sites for hydroxylation is 1. The number of rotatable bonds is 4. The fourth-order valence-electron chi connectivity index (χ4n) is 4.50. The van der Waals surface area contributed by atoms with Crippen LogP contribution in [0.2, 0.25) is 0 Å². The average Bonchev–Trinajstić information content (AvgIpc) is 3.57. The molecule has 1 N–H and O–H groups in total. The fraction of sp³-hybridized carbons (Fsp3) is 0.500. The maximum absolute atomic E-state index is 14.5. The summed E-state index contributed by atoms with van der Waals surface area (Å²) in [6.07, 6.45) is 3.03. The molecule has 1 spiro atoms. The highest BCUT2D eigenvalue weighted by molar-refractivity contribution is 5.93. The van der Waals surface area contributed by atoms with Gasteiger partial charge in [-0.3, -0.25) is 9.89 Å².